The van der Waals surface area contributed by atoms with Crippen LogP contribution in [0.1, 0.15) is 58.2 Å². The van der Waals surface area contributed by atoms with Gasteiger partial charge in [0.15, 0.2) is 6.10 Å². The molecule has 2 aliphatic heterocycles. The van der Waals surface area contributed by atoms with Gasteiger partial charge in [-0.2, -0.15) is 0 Å². The van der Waals surface area contributed by atoms with Gasteiger partial charge >= 0.3 is 5.97 Å². The Morgan fingerprint density at radius 3 is 2.84 bits per heavy atom. The number of halogens is 1. The summed E-state index contributed by atoms with van der Waals surface area (Å²) < 4.78 is 21.3. The monoisotopic (exact) mass is 436 g/mol. The minimum absolute atomic E-state index is 0.0333. The molecule has 1 aromatic carbocycles. The highest BCUT2D eigenvalue weighted by molar-refractivity contribution is 5.93. The van der Waals surface area contributed by atoms with Crippen molar-refractivity contribution in [3.05, 3.63) is 61.7 Å². The molecule has 0 saturated heterocycles. The van der Waals surface area contributed by atoms with Crippen LogP contribution in [-0.2, 0) is 29.1 Å². The summed E-state index contributed by atoms with van der Waals surface area (Å²) in [4.78, 5) is 29.9. The number of aliphatic hydroxyl groups excluding tert-OH is 2. The van der Waals surface area contributed by atoms with Crippen LogP contribution in [0.5, 0.6) is 0 Å². The van der Waals surface area contributed by atoms with E-state index in [1.54, 1.807) is 17.6 Å². The van der Waals surface area contributed by atoms with Gasteiger partial charge in [-0.25, -0.2) is 14.2 Å². The normalized spacial score (nSPS) is 20.7. The van der Waals surface area contributed by atoms with Gasteiger partial charge in [-0.05, 0) is 54.9 Å². The zero-order valence-corrected chi connectivity index (χ0v) is 17.4. The minimum atomic E-state index is -1.52. The zero-order chi connectivity index (χ0) is 22.3. The number of rotatable bonds is 2. The van der Waals surface area contributed by atoms with Gasteiger partial charge in [0.25, 0.3) is 5.56 Å². The van der Waals surface area contributed by atoms with E-state index in [9.17, 15) is 24.2 Å². The van der Waals surface area contributed by atoms with Gasteiger partial charge in [0.05, 0.1) is 29.0 Å². The Balaban J connectivity index is 1.68. The molecule has 1 unspecified atom stereocenters. The molecular weight excluding hydrogens is 415 g/mol. The summed E-state index contributed by atoms with van der Waals surface area (Å²) in [7, 11) is 0. The lowest BCUT2D eigenvalue weighted by Gasteiger charge is -2.28. The van der Waals surface area contributed by atoms with E-state index >= 15 is 0 Å². The van der Waals surface area contributed by atoms with Gasteiger partial charge in [-0.15, -0.1) is 0 Å². The van der Waals surface area contributed by atoms with Crippen molar-refractivity contribution in [1.82, 2.24) is 9.55 Å². The number of aromatic nitrogens is 2. The van der Waals surface area contributed by atoms with Crippen LogP contribution in [0.3, 0.4) is 0 Å². The molecule has 7 nitrogen and oxygen atoms in total. The van der Waals surface area contributed by atoms with Gasteiger partial charge in [-0.1, -0.05) is 0 Å². The summed E-state index contributed by atoms with van der Waals surface area (Å²) in [6.45, 7) is 1.94. The molecule has 0 fully saturated rings. The average Bonchev–Trinajstić information content (AvgIpc) is 3.14. The van der Waals surface area contributed by atoms with E-state index in [4.69, 9.17) is 9.72 Å². The first-order valence-electron chi connectivity index (χ1n) is 10.8. The second-order valence-electron chi connectivity index (χ2n) is 8.82. The average molecular weight is 436 g/mol. The Morgan fingerprint density at radius 2 is 2.06 bits per heavy atom. The largest absolute Gasteiger partial charge is 0.458 e. The Labute approximate surface area is 182 Å². The molecule has 2 N–H and O–H groups in total. The smallest absolute Gasteiger partial charge is 0.340 e. The maximum absolute atomic E-state index is 14.7. The summed E-state index contributed by atoms with van der Waals surface area (Å²) >= 11 is 0. The number of nitrogens with zero attached hydrogens (tertiary/aromatic N) is 2. The van der Waals surface area contributed by atoms with Gasteiger partial charge in [0.2, 0.25) is 0 Å². The van der Waals surface area contributed by atoms with E-state index in [2.05, 4.69) is 0 Å². The second-order valence-corrected chi connectivity index (χ2v) is 8.82. The number of hydrogen-bond acceptors (Lipinski definition) is 6. The lowest BCUT2D eigenvalue weighted by molar-refractivity contribution is -0.157. The number of aryl methyl sites for hydroxylation is 1. The van der Waals surface area contributed by atoms with Crippen molar-refractivity contribution in [3.63, 3.8) is 0 Å². The quantitative estimate of drug-likeness (QED) is 0.468. The van der Waals surface area contributed by atoms with Gasteiger partial charge in [0.1, 0.15) is 12.4 Å². The van der Waals surface area contributed by atoms with Gasteiger partial charge in [-0.3, -0.25) is 4.79 Å². The predicted octanol–water partition coefficient (Wildman–Crippen LogP) is 2.38. The standard InChI is InChI=1S/C24H21FN2O5/c1-10-12-3-2-11(4-5-28)19-14-8-27-18(21(14)26-17(20(12)19)7-16(10)25)6-13-15(23(27)30)9-32-24(31)22(13)29/h6-7,11,22,28-29H,2-5,8-9H2,1H3/t11-,22?/m0/s1. The molecule has 6 rings (SSSR count). The predicted molar refractivity (Wildman–Crippen MR) is 113 cm³/mol. The van der Waals surface area contributed by atoms with E-state index in [1.807, 2.05) is 0 Å². The number of pyridine rings is 2. The number of ether oxygens (including phenoxy) is 1. The van der Waals surface area contributed by atoms with E-state index < -0.39 is 12.1 Å². The molecule has 3 aromatic rings. The van der Waals surface area contributed by atoms with E-state index in [-0.39, 0.29) is 41.6 Å². The summed E-state index contributed by atoms with van der Waals surface area (Å²) in [5.74, 6) is -1.02. The number of aliphatic hydroxyl groups is 2. The topological polar surface area (TPSA) is 102 Å². The number of carbonyl (C=O) groups excluding carboxylic acids is 1. The fourth-order valence-corrected chi connectivity index (χ4v) is 5.64. The number of benzene rings is 1. The summed E-state index contributed by atoms with van der Waals surface area (Å²) in [6, 6.07) is 3.07. The minimum Gasteiger partial charge on any atom is -0.458 e. The molecule has 164 valence electrons. The molecular formula is C24H21FN2O5. The van der Waals surface area contributed by atoms with Gasteiger partial charge < -0.3 is 19.5 Å². The summed E-state index contributed by atoms with van der Waals surface area (Å²) in [5.41, 5.74) is 5.25. The number of esters is 1. The SMILES string of the molecule is Cc1c(F)cc2nc3c(c4c2c1CC[C@H]4CCO)Cn1c-3cc2c(c1=O)COC(=O)C2O. The lowest BCUT2D eigenvalue weighted by atomic mass is 9.77. The maximum atomic E-state index is 14.7. The van der Waals surface area contributed by atoms with Crippen LogP contribution in [0.15, 0.2) is 16.9 Å². The third-order valence-corrected chi connectivity index (χ3v) is 7.24. The molecule has 0 bridgehead atoms. The van der Waals surface area contributed by atoms with Crippen LogP contribution in [0, 0.1) is 12.7 Å². The molecule has 0 spiro atoms. The molecule has 2 aromatic heterocycles. The number of hydrogen-bond donors (Lipinski definition) is 2. The fraction of sp³-hybridized carbons (Fsp3) is 0.375. The summed E-state index contributed by atoms with van der Waals surface area (Å²) in [5, 5.41) is 20.9. The van der Waals surface area contributed by atoms with E-state index in [1.165, 1.54) is 6.07 Å². The Bertz CT molecular complexity index is 1410. The fourth-order valence-electron chi connectivity index (χ4n) is 5.64. The van der Waals surface area contributed by atoms with Crippen molar-refractivity contribution in [2.24, 2.45) is 0 Å². The molecule has 0 amide bonds. The van der Waals surface area contributed by atoms with Gasteiger partial charge in [0, 0.05) is 29.2 Å². The van der Waals surface area contributed by atoms with Crippen LogP contribution in [0.25, 0.3) is 22.3 Å². The van der Waals surface area contributed by atoms with Crippen LogP contribution in [0.4, 0.5) is 4.39 Å². The Kier molecular flexibility index (Phi) is 4.10. The van der Waals surface area contributed by atoms with Crippen LogP contribution in [0.2, 0.25) is 0 Å². The highest BCUT2D eigenvalue weighted by atomic mass is 19.1. The molecule has 3 aliphatic rings. The van der Waals surface area contributed by atoms with Crippen molar-refractivity contribution < 1.29 is 24.1 Å². The molecule has 0 radical (unpaired) electrons. The van der Waals surface area contributed by atoms with Crippen LogP contribution >= 0.6 is 0 Å². The number of cyclic esters (lactones) is 1. The van der Waals surface area contributed by atoms with Crippen LogP contribution in [-0.4, -0.2) is 32.3 Å². The first-order valence-corrected chi connectivity index (χ1v) is 10.8. The molecule has 4 heterocycles. The van der Waals surface area contributed by atoms with Crippen molar-refractivity contribution in [3.8, 4) is 11.4 Å². The van der Waals surface area contributed by atoms with Crippen molar-refractivity contribution in [1.29, 1.82) is 0 Å². The third kappa shape index (κ3) is 2.45. The highest BCUT2D eigenvalue weighted by Gasteiger charge is 2.37. The third-order valence-electron chi connectivity index (χ3n) is 7.24. The first kappa shape index (κ1) is 19.6. The highest BCUT2D eigenvalue weighted by Crippen LogP contribution is 2.46. The Hall–Kier alpha value is -3.10. The van der Waals surface area contributed by atoms with Crippen LogP contribution < -0.4 is 5.56 Å². The maximum Gasteiger partial charge on any atom is 0.340 e. The molecule has 32 heavy (non-hydrogen) atoms. The number of carbonyl (C=O) groups is 1. The van der Waals surface area contributed by atoms with E-state index in [0.717, 1.165) is 28.5 Å². The Morgan fingerprint density at radius 1 is 1.25 bits per heavy atom. The number of fused-ring (bicyclic) bond motifs is 5. The zero-order valence-electron chi connectivity index (χ0n) is 17.4. The lowest BCUT2D eigenvalue weighted by Crippen LogP contribution is -2.32. The molecule has 8 heteroatoms. The van der Waals surface area contributed by atoms with E-state index in [0.29, 0.717) is 41.9 Å². The molecule has 1 aliphatic carbocycles. The van der Waals surface area contributed by atoms with Crippen molar-refractivity contribution in [2.45, 2.75) is 51.4 Å². The van der Waals surface area contributed by atoms with Crippen molar-refractivity contribution in [2.75, 3.05) is 6.61 Å². The first-order chi connectivity index (χ1) is 15.4. The molecule has 2 atom stereocenters. The summed E-state index contributed by atoms with van der Waals surface area (Å²) in [6.07, 6.45) is 0.552. The second kappa shape index (κ2) is 6.70. The molecule has 0 saturated carbocycles. The van der Waals surface area contributed by atoms with Crippen molar-refractivity contribution >= 4 is 16.9 Å².